The van der Waals surface area contributed by atoms with Crippen LogP contribution in [0.5, 0.6) is 17.2 Å². The highest BCUT2D eigenvalue weighted by Crippen LogP contribution is 2.30. The number of ether oxygens (including phenoxy) is 3. The summed E-state index contributed by atoms with van der Waals surface area (Å²) in [7, 11) is 3.00. The molecule has 2 aromatic rings. The van der Waals surface area contributed by atoms with E-state index in [-0.39, 0.29) is 11.5 Å². The second-order valence-corrected chi connectivity index (χ2v) is 6.25. The first-order valence-corrected chi connectivity index (χ1v) is 9.36. The Balaban J connectivity index is 2.06. The number of benzene rings is 2. The molecule has 0 aromatic heterocycles. The van der Waals surface area contributed by atoms with Crippen LogP contribution < -0.4 is 24.8 Å². The van der Waals surface area contributed by atoms with Gasteiger partial charge in [-0.05, 0) is 30.7 Å². The first-order chi connectivity index (χ1) is 14.4. The van der Waals surface area contributed by atoms with Crippen LogP contribution in [0.2, 0.25) is 0 Å². The Hall–Kier alpha value is -3.10. The number of guanidine groups is 1. The molecule has 0 atom stereocenters. The highest BCUT2D eigenvalue weighted by Gasteiger charge is 2.29. The van der Waals surface area contributed by atoms with Gasteiger partial charge < -0.3 is 24.8 Å². The Morgan fingerprint density at radius 1 is 0.967 bits per heavy atom. The van der Waals surface area contributed by atoms with E-state index in [1.165, 1.54) is 13.2 Å². The Labute approximate surface area is 174 Å². The van der Waals surface area contributed by atoms with Crippen molar-refractivity contribution in [3.05, 3.63) is 53.6 Å². The molecule has 0 bridgehead atoms. The molecule has 0 aliphatic rings. The lowest BCUT2D eigenvalue weighted by Crippen LogP contribution is -2.36. The van der Waals surface area contributed by atoms with Crippen molar-refractivity contribution in [3.63, 3.8) is 0 Å². The summed E-state index contributed by atoms with van der Waals surface area (Å²) in [6.07, 6.45) is -4.41. The smallest absolute Gasteiger partial charge is 0.422 e. The van der Waals surface area contributed by atoms with E-state index in [1.807, 2.05) is 31.2 Å². The number of hydrogen-bond donors (Lipinski definition) is 2. The number of halogens is 3. The van der Waals surface area contributed by atoms with Crippen molar-refractivity contribution in [1.82, 2.24) is 10.6 Å². The van der Waals surface area contributed by atoms with Crippen LogP contribution in [0.3, 0.4) is 0 Å². The van der Waals surface area contributed by atoms with E-state index >= 15 is 0 Å². The second-order valence-electron chi connectivity index (χ2n) is 6.25. The van der Waals surface area contributed by atoms with Crippen LogP contribution >= 0.6 is 0 Å². The Morgan fingerprint density at radius 2 is 1.70 bits per heavy atom. The van der Waals surface area contributed by atoms with Gasteiger partial charge in [-0.2, -0.15) is 13.2 Å². The maximum atomic E-state index is 12.4. The van der Waals surface area contributed by atoms with Gasteiger partial charge in [0.25, 0.3) is 0 Å². The summed E-state index contributed by atoms with van der Waals surface area (Å²) in [5.74, 6) is 1.63. The fraction of sp³-hybridized carbons (Fsp3) is 0.381. The summed E-state index contributed by atoms with van der Waals surface area (Å²) < 4.78 is 52.4. The molecular formula is C21H26F3N3O3. The molecular weight excluding hydrogens is 399 g/mol. The molecule has 0 unspecified atom stereocenters. The summed E-state index contributed by atoms with van der Waals surface area (Å²) in [5.41, 5.74) is 1.75. The Morgan fingerprint density at radius 3 is 2.37 bits per heavy atom. The number of hydrogen-bond acceptors (Lipinski definition) is 4. The van der Waals surface area contributed by atoms with E-state index in [9.17, 15) is 13.2 Å². The minimum Gasteiger partial charge on any atom is -0.496 e. The van der Waals surface area contributed by atoms with Crippen molar-refractivity contribution in [2.45, 2.75) is 26.2 Å². The van der Waals surface area contributed by atoms with Crippen LogP contribution in [0.1, 0.15) is 18.1 Å². The van der Waals surface area contributed by atoms with Crippen molar-refractivity contribution >= 4 is 5.96 Å². The SMILES string of the molecule is CCNC(=NCc1ccc(OCC(F)(F)F)c(OC)c1)NCc1ccccc1OC. The van der Waals surface area contributed by atoms with Crippen molar-refractivity contribution in [2.24, 2.45) is 4.99 Å². The maximum absolute atomic E-state index is 12.4. The molecule has 0 aliphatic heterocycles. The zero-order valence-electron chi connectivity index (χ0n) is 17.2. The molecule has 164 valence electrons. The summed E-state index contributed by atoms with van der Waals surface area (Å²) in [4.78, 5) is 4.52. The van der Waals surface area contributed by atoms with Gasteiger partial charge >= 0.3 is 6.18 Å². The van der Waals surface area contributed by atoms with E-state index in [0.29, 0.717) is 25.6 Å². The second kappa shape index (κ2) is 11.2. The molecule has 0 amide bonds. The van der Waals surface area contributed by atoms with Gasteiger partial charge in [0.1, 0.15) is 5.75 Å². The van der Waals surface area contributed by atoms with Crippen LogP contribution in [-0.4, -0.2) is 39.5 Å². The minimum atomic E-state index is -4.41. The van der Waals surface area contributed by atoms with E-state index in [1.54, 1.807) is 19.2 Å². The van der Waals surface area contributed by atoms with Crippen LogP contribution in [0.25, 0.3) is 0 Å². The van der Waals surface area contributed by atoms with Gasteiger partial charge in [0.05, 0.1) is 20.8 Å². The molecule has 0 fully saturated rings. The average molecular weight is 425 g/mol. The predicted molar refractivity (Wildman–Crippen MR) is 109 cm³/mol. The molecule has 0 radical (unpaired) electrons. The molecule has 2 N–H and O–H groups in total. The largest absolute Gasteiger partial charge is 0.496 e. The monoisotopic (exact) mass is 425 g/mol. The van der Waals surface area contributed by atoms with Crippen LogP contribution in [0, 0.1) is 0 Å². The third kappa shape index (κ3) is 7.38. The fourth-order valence-corrected chi connectivity index (χ4v) is 2.63. The Bertz CT molecular complexity index is 842. The van der Waals surface area contributed by atoms with Crippen molar-refractivity contribution < 1.29 is 27.4 Å². The van der Waals surface area contributed by atoms with Crippen molar-refractivity contribution in [2.75, 3.05) is 27.4 Å². The first kappa shape index (κ1) is 23.2. The third-order valence-corrected chi connectivity index (χ3v) is 4.02. The van der Waals surface area contributed by atoms with E-state index < -0.39 is 12.8 Å². The van der Waals surface area contributed by atoms with E-state index in [0.717, 1.165) is 16.9 Å². The highest BCUT2D eigenvalue weighted by molar-refractivity contribution is 5.79. The normalized spacial score (nSPS) is 11.7. The topological polar surface area (TPSA) is 64.1 Å². The summed E-state index contributed by atoms with van der Waals surface area (Å²) >= 11 is 0. The zero-order valence-corrected chi connectivity index (χ0v) is 17.2. The molecule has 9 heteroatoms. The molecule has 0 saturated carbocycles. The molecule has 0 aliphatic carbocycles. The lowest BCUT2D eigenvalue weighted by atomic mass is 10.2. The van der Waals surface area contributed by atoms with Crippen molar-refractivity contribution in [3.8, 4) is 17.2 Å². The number of methoxy groups -OCH3 is 2. The number of rotatable bonds is 9. The maximum Gasteiger partial charge on any atom is 0.422 e. The van der Waals surface area contributed by atoms with Crippen LogP contribution in [0.15, 0.2) is 47.5 Å². The van der Waals surface area contributed by atoms with E-state index in [4.69, 9.17) is 14.2 Å². The van der Waals surface area contributed by atoms with Crippen LogP contribution in [-0.2, 0) is 13.1 Å². The molecule has 30 heavy (non-hydrogen) atoms. The predicted octanol–water partition coefficient (Wildman–Crippen LogP) is 3.90. The minimum absolute atomic E-state index is 0.0313. The van der Waals surface area contributed by atoms with Gasteiger partial charge in [0.15, 0.2) is 24.1 Å². The zero-order chi connectivity index (χ0) is 22.0. The third-order valence-electron chi connectivity index (χ3n) is 4.02. The molecule has 6 nitrogen and oxygen atoms in total. The van der Waals surface area contributed by atoms with Crippen LogP contribution in [0.4, 0.5) is 13.2 Å². The fourth-order valence-electron chi connectivity index (χ4n) is 2.63. The lowest BCUT2D eigenvalue weighted by Gasteiger charge is -2.14. The summed E-state index contributed by atoms with van der Waals surface area (Å²) in [6, 6.07) is 12.4. The molecule has 2 aromatic carbocycles. The van der Waals surface area contributed by atoms with Crippen molar-refractivity contribution in [1.29, 1.82) is 0 Å². The first-order valence-electron chi connectivity index (χ1n) is 9.36. The van der Waals surface area contributed by atoms with Gasteiger partial charge in [0.2, 0.25) is 0 Å². The molecule has 0 spiro atoms. The molecule has 0 heterocycles. The van der Waals surface area contributed by atoms with Gasteiger partial charge in [-0.1, -0.05) is 24.3 Å². The van der Waals surface area contributed by atoms with Gasteiger partial charge in [-0.25, -0.2) is 4.99 Å². The lowest BCUT2D eigenvalue weighted by molar-refractivity contribution is -0.153. The average Bonchev–Trinajstić information content (AvgIpc) is 2.74. The quantitative estimate of drug-likeness (QED) is 0.471. The number of nitrogens with zero attached hydrogens (tertiary/aromatic N) is 1. The van der Waals surface area contributed by atoms with E-state index in [2.05, 4.69) is 15.6 Å². The number of para-hydroxylation sites is 1. The van der Waals surface area contributed by atoms with Gasteiger partial charge in [0, 0.05) is 18.7 Å². The summed E-state index contributed by atoms with van der Waals surface area (Å²) in [6.45, 7) is 2.07. The number of alkyl halides is 3. The van der Waals surface area contributed by atoms with Gasteiger partial charge in [-0.3, -0.25) is 0 Å². The van der Waals surface area contributed by atoms with Gasteiger partial charge in [-0.15, -0.1) is 0 Å². The highest BCUT2D eigenvalue weighted by atomic mass is 19.4. The Kier molecular flexibility index (Phi) is 8.64. The molecule has 2 rings (SSSR count). The number of nitrogens with one attached hydrogen (secondary N) is 2. The number of aliphatic imine (C=N–C) groups is 1. The molecule has 0 saturated heterocycles. The summed E-state index contributed by atoms with van der Waals surface area (Å²) in [5, 5.41) is 6.39. The standard InChI is InChI=1S/C21H26F3N3O3/c1-4-25-20(27-13-16-7-5-6-8-17(16)28-2)26-12-15-9-10-18(19(11-15)29-3)30-14-21(22,23)24/h5-11H,4,12-14H2,1-3H3,(H2,25,26,27).